The summed E-state index contributed by atoms with van der Waals surface area (Å²) < 4.78 is 5.12. The summed E-state index contributed by atoms with van der Waals surface area (Å²) in [4.78, 5) is 13.7. The summed E-state index contributed by atoms with van der Waals surface area (Å²) in [5, 5.41) is 13.1. The number of carbonyl (C=O) groups is 1. The maximum atomic E-state index is 11.8. The van der Waals surface area contributed by atoms with Gasteiger partial charge in [0, 0.05) is 19.6 Å². The van der Waals surface area contributed by atoms with E-state index < -0.39 is 6.10 Å². The number of nitrogens with zero attached hydrogens (tertiary/aromatic N) is 1. The van der Waals surface area contributed by atoms with Crippen LogP contribution in [0.5, 0.6) is 5.75 Å². The van der Waals surface area contributed by atoms with Gasteiger partial charge in [-0.2, -0.15) is 0 Å². The fourth-order valence-electron chi connectivity index (χ4n) is 2.36. The van der Waals surface area contributed by atoms with Crippen molar-refractivity contribution < 1.29 is 14.6 Å². The van der Waals surface area contributed by atoms with Crippen LogP contribution in [0.4, 0.5) is 0 Å². The van der Waals surface area contributed by atoms with Gasteiger partial charge in [0.2, 0.25) is 5.91 Å². The van der Waals surface area contributed by atoms with Crippen molar-refractivity contribution in [1.82, 2.24) is 10.2 Å². The average molecular weight is 278 g/mol. The van der Waals surface area contributed by atoms with Crippen LogP contribution >= 0.6 is 0 Å². The molecule has 1 fully saturated rings. The van der Waals surface area contributed by atoms with Crippen LogP contribution in [0.25, 0.3) is 0 Å². The van der Waals surface area contributed by atoms with Crippen LogP contribution in [-0.4, -0.2) is 49.2 Å². The summed E-state index contributed by atoms with van der Waals surface area (Å²) in [5.74, 6) is 0.829. The van der Waals surface area contributed by atoms with E-state index in [4.69, 9.17) is 4.74 Å². The minimum atomic E-state index is -0.642. The van der Waals surface area contributed by atoms with Crippen molar-refractivity contribution in [3.63, 3.8) is 0 Å². The van der Waals surface area contributed by atoms with Gasteiger partial charge in [-0.15, -0.1) is 0 Å². The maximum Gasteiger partial charge on any atom is 0.236 e. The topological polar surface area (TPSA) is 61.8 Å². The van der Waals surface area contributed by atoms with Crippen LogP contribution in [0.2, 0.25) is 0 Å². The monoisotopic (exact) mass is 278 g/mol. The lowest BCUT2D eigenvalue weighted by atomic mass is 10.1. The molecule has 0 bridgehead atoms. The van der Waals surface area contributed by atoms with E-state index in [9.17, 15) is 9.90 Å². The largest absolute Gasteiger partial charge is 0.497 e. The first-order valence-electron chi connectivity index (χ1n) is 7.01. The number of aliphatic hydroxyl groups excluding tert-OH is 1. The lowest BCUT2D eigenvalue weighted by molar-refractivity contribution is -0.129. The Labute approximate surface area is 119 Å². The Morgan fingerprint density at radius 1 is 1.45 bits per heavy atom. The van der Waals surface area contributed by atoms with Gasteiger partial charge in [-0.3, -0.25) is 4.79 Å². The number of ether oxygens (including phenoxy) is 1. The molecule has 0 spiro atoms. The van der Waals surface area contributed by atoms with E-state index >= 15 is 0 Å². The highest BCUT2D eigenvalue weighted by Crippen LogP contribution is 2.18. The highest BCUT2D eigenvalue weighted by Gasteiger charge is 2.17. The summed E-state index contributed by atoms with van der Waals surface area (Å²) >= 11 is 0. The number of hydrogen-bond donors (Lipinski definition) is 2. The second kappa shape index (κ2) is 7.26. The Bertz CT molecular complexity index is 444. The zero-order valence-corrected chi connectivity index (χ0v) is 11.8. The number of likely N-dealkylation sites (tertiary alicyclic amines) is 1. The molecule has 5 heteroatoms. The summed E-state index contributed by atoms with van der Waals surface area (Å²) in [5.41, 5.74) is 0.783. The highest BCUT2D eigenvalue weighted by molar-refractivity contribution is 5.78. The van der Waals surface area contributed by atoms with Crippen molar-refractivity contribution in [2.45, 2.75) is 18.9 Å². The van der Waals surface area contributed by atoms with Crippen LogP contribution in [-0.2, 0) is 4.79 Å². The van der Waals surface area contributed by atoms with Gasteiger partial charge in [-0.1, -0.05) is 12.1 Å². The fraction of sp³-hybridized carbons (Fsp3) is 0.533. The van der Waals surface area contributed by atoms with Crippen molar-refractivity contribution in [2.24, 2.45) is 0 Å². The van der Waals surface area contributed by atoms with Crippen molar-refractivity contribution in [3.05, 3.63) is 29.8 Å². The third-order valence-corrected chi connectivity index (χ3v) is 3.55. The molecule has 20 heavy (non-hydrogen) atoms. The molecule has 1 saturated heterocycles. The van der Waals surface area contributed by atoms with Gasteiger partial charge in [0.25, 0.3) is 0 Å². The quantitative estimate of drug-likeness (QED) is 0.813. The second-order valence-corrected chi connectivity index (χ2v) is 5.01. The minimum Gasteiger partial charge on any atom is -0.497 e. The van der Waals surface area contributed by atoms with Gasteiger partial charge in [0.15, 0.2) is 0 Å². The predicted molar refractivity (Wildman–Crippen MR) is 76.6 cm³/mol. The molecule has 1 atom stereocenters. The lowest BCUT2D eigenvalue weighted by Crippen LogP contribution is -2.37. The molecule has 0 aromatic heterocycles. The van der Waals surface area contributed by atoms with E-state index in [1.807, 2.05) is 23.1 Å². The van der Waals surface area contributed by atoms with Crippen LogP contribution in [0, 0.1) is 0 Å². The number of hydrogen-bond acceptors (Lipinski definition) is 4. The maximum absolute atomic E-state index is 11.8. The number of carbonyl (C=O) groups excluding carboxylic acids is 1. The average Bonchev–Trinajstić information content (AvgIpc) is 3.01. The number of aliphatic hydroxyl groups is 1. The summed E-state index contributed by atoms with van der Waals surface area (Å²) in [6.07, 6.45) is 1.55. The van der Waals surface area contributed by atoms with Crippen LogP contribution in [0.15, 0.2) is 24.3 Å². The van der Waals surface area contributed by atoms with Gasteiger partial charge in [-0.05, 0) is 30.5 Å². The molecular weight excluding hydrogens is 256 g/mol. The Balaban J connectivity index is 1.76. The molecule has 0 saturated carbocycles. The predicted octanol–water partition coefficient (Wildman–Crippen LogP) is 0.941. The molecule has 1 aliphatic heterocycles. The van der Waals surface area contributed by atoms with Crippen molar-refractivity contribution in [3.8, 4) is 5.75 Å². The van der Waals surface area contributed by atoms with E-state index in [0.717, 1.165) is 37.2 Å². The van der Waals surface area contributed by atoms with Crippen LogP contribution < -0.4 is 10.1 Å². The molecule has 0 radical (unpaired) electrons. The van der Waals surface area contributed by atoms with Crippen LogP contribution in [0.3, 0.4) is 0 Å². The number of benzene rings is 1. The summed E-state index contributed by atoms with van der Waals surface area (Å²) in [6, 6.07) is 7.32. The van der Waals surface area contributed by atoms with Gasteiger partial charge in [0.05, 0.1) is 19.8 Å². The van der Waals surface area contributed by atoms with E-state index in [1.54, 1.807) is 13.2 Å². The first kappa shape index (κ1) is 14.8. The Morgan fingerprint density at radius 2 is 2.20 bits per heavy atom. The zero-order chi connectivity index (χ0) is 14.4. The molecule has 1 amide bonds. The minimum absolute atomic E-state index is 0.111. The number of rotatable bonds is 6. The third-order valence-electron chi connectivity index (χ3n) is 3.55. The first-order valence-corrected chi connectivity index (χ1v) is 7.01. The summed E-state index contributed by atoms with van der Waals surface area (Å²) in [7, 11) is 1.60. The molecule has 2 rings (SSSR count). The van der Waals surface area contributed by atoms with E-state index in [0.29, 0.717) is 6.54 Å². The Hall–Kier alpha value is -1.59. The molecule has 2 N–H and O–H groups in total. The normalized spacial score (nSPS) is 16.2. The SMILES string of the molecule is COc1cccc(C(O)CNCC(=O)N2CCCC2)c1. The van der Waals surface area contributed by atoms with E-state index in [-0.39, 0.29) is 12.5 Å². The first-order chi connectivity index (χ1) is 9.70. The molecule has 110 valence electrons. The standard InChI is InChI=1S/C15H22N2O3/c1-20-13-6-4-5-12(9-13)14(18)10-16-11-15(19)17-7-2-3-8-17/h4-6,9,14,16,18H,2-3,7-8,10-11H2,1H3. The number of amides is 1. The zero-order valence-electron chi connectivity index (χ0n) is 11.8. The van der Waals surface area contributed by atoms with Gasteiger partial charge < -0.3 is 20.1 Å². The fourth-order valence-corrected chi connectivity index (χ4v) is 2.36. The molecule has 1 heterocycles. The molecule has 1 aromatic rings. The smallest absolute Gasteiger partial charge is 0.236 e. The van der Waals surface area contributed by atoms with Crippen molar-refractivity contribution >= 4 is 5.91 Å². The van der Waals surface area contributed by atoms with E-state index in [2.05, 4.69) is 5.32 Å². The van der Waals surface area contributed by atoms with Crippen molar-refractivity contribution in [2.75, 3.05) is 33.3 Å². The number of methoxy groups -OCH3 is 1. The molecule has 1 unspecified atom stereocenters. The summed E-state index contributed by atoms with van der Waals surface area (Å²) in [6.45, 7) is 2.35. The van der Waals surface area contributed by atoms with Gasteiger partial charge >= 0.3 is 0 Å². The molecule has 0 aliphatic carbocycles. The van der Waals surface area contributed by atoms with Crippen LogP contribution in [0.1, 0.15) is 24.5 Å². The van der Waals surface area contributed by atoms with Gasteiger partial charge in [-0.25, -0.2) is 0 Å². The number of nitrogens with one attached hydrogen (secondary N) is 1. The van der Waals surface area contributed by atoms with E-state index in [1.165, 1.54) is 0 Å². The Kier molecular flexibility index (Phi) is 5.38. The molecular formula is C15H22N2O3. The molecule has 1 aromatic carbocycles. The Morgan fingerprint density at radius 3 is 2.90 bits per heavy atom. The highest BCUT2D eigenvalue weighted by atomic mass is 16.5. The molecule has 1 aliphatic rings. The third kappa shape index (κ3) is 3.95. The second-order valence-electron chi connectivity index (χ2n) is 5.01. The van der Waals surface area contributed by atoms with Crippen molar-refractivity contribution in [1.29, 1.82) is 0 Å². The molecule has 5 nitrogen and oxygen atoms in total. The van der Waals surface area contributed by atoms with Gasteiger partial charge in [0.1, 0.15) is 5.75 Å². The lowest BCUT2D eigenvalue weighted by Gasteiger charge is -2.17.